The topological polar surface area (TPSA) is 47.3 Å². The number of rotatable bonds is 5. The van der Waals surface area contributed by atoms with Crippen LogP contribution in [0.1, 0.15) is 5.89 Å². The van der Waals surface area contributed by atoms with E-state index >= 15 is 0 Å². The number of oxazole rings is 1. The van der Waals surface area contributed by atoms with E-state index in [1.54, 1.807) is 13.3 Å². The lowest BCUT2D eigenvalue weighted by molar-refractivity contribution is 0.413. The second-order valence-corrected chi connectivity index (χ2v) is 3.67. The first kappa shape index (κ1) is 11.7. The van der Waals surface area contributed by atoms with E-state index in [9.17, 15) is 0 Å². The molecule has 0 saturated heterocycles. The molecule has 90 valence electrons. The van der Waals surface area contributed by atoms with Crippen LogP contribution in [0, 0.1) is 0 Å². The van der Waals surface area contributed by atoms with Crippen molar-refractivity contribution < 1.29 is 9.15 Å². The smallest absolute Gasteiger partial charge is 0.196 e. The van der Waals surface area contributed by atoms with Gasteiger partial charge in [-0.3, -0.25) is 0 Å². The normalized spacial score (nSPS) is 10.5. The zero-order valence-corrected chi connectivity index (χ0v) is 10.1. The maximum absolute atomic E-state index is 5.68. The van der Waals surface area contributed by atoms with E-state index in [0.717, 1.165) is 35.9 Å². The molecule has 0 saturated carbocycles. The molecule has 0 bridgehead atoms. The molecule has 0 unspecified atom stereocenters. The van der Waals surface area contributed by atoms with Crippen LogP contribution in [-0.2, 0) is 6.42 Å². The minimum atomic E-state index is 0.736. The van der Waals surface area contributed by atoms with E-state index < -0.39 is 0 Å². The lowest BCUT2D eigenvalue weighted by Crippen LogP contribution is -2.10. The van der Waals surface area contributed by atoms with Gasteiger partial charge in [0, 0.05) is 13.0 Å². The Morgan fingerprint density at radius 3 is 2.94 bits per heavy atom. The minimum absolute atomic E-state index is 0.736. The van der Waals surface area contributed by atoms with Crippen LogP contribution in [0.5, 0.6) is 5.75 Å². The number of nitrogens with zero attached hydrogens (tertiary/aromatic N) is 1. The molecule has 4 nitrogen and oxygen atoms in total. The molecule has 4 heteroatoms. The number of benzene rings is 1. The summed E-state index contributed by atoms with van der Waals surface area (Å²) >= 11 is 0. The molecule has 0 radical (unpaired) electrons. The fraction of sp³-hybridized carbons (Fsp3) is 0.308. The maximum atomic E-state index is 5.68. The molecular weight excluding hydrogens is 216 g/mol. The van der Waals surface area contributed by atoms with Crippen molar-refractivity contribution in [3.8, 4) is 17.1 Å². The third kappa shape index (κ3) is 2.65. The van der Waals surface area contributed by atoms with Gasteiger partial charge in [-0.25, -0.2) is 4.98 Å². The molecule has 0 amide bonds. The maximum Gasteiger partial charge on any atom is 0.196 e. The number of aromatic nitrogens is 1. The van der Waals surface area contributed by atoms with Crippen LogP contribution in [0.4, 0.5) is 0 Å². The number of hydrogen-bond acceptors (Lipinski definition) is 4. The first-order chi connectivity index (χ1) is 8.35. The average Bonchev–Trinajstić information content (AvgIpc) is 2.85. The predicted molar refractivity (Wildman–Crippen MR) is 66.1 cm³/mol. The zero-order chi connectivity index (χ0) is 12.1. The molecule has 0 fully saturated rings. The highest BCUT2D eigenvalue weighted by molar-refractivity contribution is 5.64. The number of para-hydroxylation sites is 1. The van der Waals surface area contributed by atoms with E-state index in [1.165, 1.54) is 0 Å². The molecule has 0 atom stereocenters. The molecule has 0 aliphatic carbocycles. The minimum Gasteiger partial charge on any atom is -0.496 e. The molecule has 0 spiro atoms. The fourth-order valence-corrected chi connectivity index (χ4v) is 1.63. The SMILES string of the molecule is CNCCc1ncc(-c2ccccc2OC)o1. The van der Waals surface area contributed by atoms with Crippen molar-refractivity contribution in [2.24, 2.45) is 0 Å². The standard InChI is InChI=1S/C13H16N2O2/c1-14-8-7-13-15-9-12(17-13)10-5-3-4-6-11(10)16-2/h3-6,9,14H,7-8H2,1-2H3. The lowest BCUT2D eigenvalue weighted by Gasteiger charge is -2.04. The fourth-order valence-electron chi connectivity index (χ4n) is 1.63. The summed E-state index contributed by atoms with van der Waals surface area (Å²) in [4.78, 5) is 4.24. The van der Waals surface area contributed by atoms with Crippen molar-refractivity contribution in [2.45, 2.75) is 6.42 Å². The molecule has 0 aliphatic rings. The van der Waals surface area contributed by atoms with Gasteiger partial charge >= 0.3 is 0 Å². The summed E-state index contributed by atoms with van der Waals surface area (Å²) in [6, 6.07) is 7.75. The quantitative estimate of drug-likeness (QED) is 0.857. The van der Waals surface area contributed by atoms with Crippen LogP contribution in [-0.4, -0.2) is 25.7 Å². The average molecular weight is 232 g/mol. The second kappa shape index (κ2) is 5.50. The van der Waals surface area contributed by atoms with Gasteiger partial charge in [0.15, 0.2) is 11.7 Å². The number of nitrogens with one attached hydrogen (secondary N) is 1. The summed E-state index contributed by atoms with van der Waals surface area (Å²) in [5, 5.41) is 3.06. The monoisotopic (exact) mass is 232 g/mol. The summed E-state index contributed by atoms with van der Waals surface area (Å²) in [5.74, 6) is 2.28. The van der Waals surface area contributed by atoms with Crippen LogP contribution in [0.3, 0.4) is 0 Å². The van der Waals surface area contributed by atoms with E-state index in [1.807, 2.05) is 31.3 Å². The van der Waals surface area contributed by atoms with Gasteiger partial charge in [0.25, 0.3) is 0 Å². The van der Waals surface area contributed by atoms with Crippen LogP contribution in [0.25, 0.3) is 11.3 Å². The number of methoxy groups -OCH3 is 1. The largest absolute Gasteiger partial charge is 0.496 e. The Morgan fingerprint density at radius 1 is 1.35 bits per heavy atom. The Balaban J connectivity index is 2.24. The summed E-state index contributed by atoms with van der Waals surface area (Å²) in [5.41, 5.74) is 0.929. The van der Waals surface area contributed by atoms with E-state index in [4.69, 9.17) is 9.15 Å². The summed E-state index contributed by atoms with van der Waals surface area (Å²) in [7, 11) is 3.56. The second-order valence-electron chi connectivity index (χ2n) is 3.67. The van der Waals surface area contributed by atoms with E-state index in [-0.39, 0.29) is 0 Å². The van der Waals surface area contributed by atoms with Crippen LogP contribution >= 0.6 is 0 Å². The number of hydrogen-bond donors (Lipinski definition) is 1. The number of likely N-dealkylation sites (N-methyl/N-ethyl adjacent to an activating group) is 1. The van der Waals surface area contributed by atoms with Crippen molar-refractivity contribution in [3.05, 3.63) is 36.4 Å². The first-order valence-corrected chi connectivity index (χ1v) is 5.58. The Bertz CT molecular complexity index is 480. The third-order valence-electron chi connectivity index (χ3n) is 2.51. The van der Waals surface area contributed by atoms with Gasteiger partial charge in [-0.15, -0.1) is 0 Å². The van der Waals surface area contributed by atoms with Gasteiger partial charge in [-0.2, -0.15) is 0 Å². The van der Waals surface area contributed by atoms with Crippen LogP contribution in [0.15, 0.2) is 34.9 Å². The highest BCUT2D eigenvalue weighted by Crippen LogP contribution is 2.29. The predicted octanol–water partition coefficient (Wildman–Crippen LogP) is 2.11. The van der Waals surface area contributed by atoms with Gasteiger partial charge in [0.2, 0.25) is 0 Å². The molecule has 2 rings (SSSR count). The van der Waals surface area contributed by atoms with Crippen molar-refractivity contribution in [3.63, 3.8) is 0 Å². The van der Waals surface area contributed by atoms with Gasteiger partial charge in [-0.1, -0.05) is 12.1 Å². The van der Waals surface area contributed by atoms with Crippen molar-refractivity contribution >= 4 is 0 Å². The van der Waals surface area contributed by atoms with Gasteiger partial charge in [-0.05, 0) is 19.2 Å². The van der Waals surface area contributed by atoms with Crippen molar-refractivity contribution in [2.75, 3.05) is 20.7 Å². The van der Waals surface area contributed by atoms with E-state index in [2.05, 4.69) is 10.3 Å². The molecule has 1 N–H and O–H groups in total. The molecule has 1 aromatic heterocycles. The molecule has 1 aromatic carbocycles. The Kier molecular flexibility index (Phi) is 3.77. The van der Waals surface area contributed by atoms with Crippen LogP contribution < -0.4 is 10.1 Å². The molecule has 17 heavy (non-hydrogen) atoms. The zero-order valence-electron chi connectivity index (χ0n) is 10.1. The lowest BCUT2D eigenvalue weighted by atomic mass is 10.1. The summed E-state index contributed by atoms with van der Waals surface area (Å²) in [6.45, 7) is 0.853. The van der Waals surface area contributed by atoms with Gasteiger partial charge in [0.05, 0.1) is 18.9 Å². The van der Waals surface area contributed by atoms with Crippen molar-refractivity contribution in [1.82, 2.24) is 10.3 Å². The number of ether oxygens (including phenoxy) is 1. The highest BCUT2D eigenvalue weighted by Gasteiger charge is 2.10. The van der Waals surface area contributed by atoms with Gasteiger partial charge in [0.1, 0.15) is 5.75 Å². The Hall–Kier alpha value is -1.81. The molecule has 2 aromatic rings. The Labute approximate surface area is 101 Å². The summed E-state index contributed by atoms with van der Waals surface area (Å²) in [6.07, 6.45) is 2.52. The van der Waals surface area contributed by atoms with Crippen LogP contribution in [0.2, 0.25) is 0 Å². The van der Waals surface area contributed by atoms with Gasteiger partial charge < -0.3 is 14.5 Å². The van der Waals surface area contributed by atoms with Crippen molar-refractivity contribution in [1.29, 1.82) is 0 Å². The molecular formula is C13H16N2O2. The third-order valence-corrected chi connectivity index (χ3v) is 2.51. The van der Waals surface area contributed by atoms with E-state index in [0.29, 0.717) is 0 Å². The molecule has 0 aliphatic heterocycles. The molecule has 1 heterocycles. The summed E-state index contributed by atoms with van der Waals surface area (Å²) < 4.78 is 11.0. The first-order valence-electron chi connectivity index (χ1n) is 5.58. The Morgan fingerprint density at radius 2 is 2.18 bits per heavy atom. The highest BCUT2D eigenvalue weighted by atomic mass is 16.5.